The van der Waals surface area contributed by atoms with Crippen LogP contribution in [0.4, 0.5) is 21.5 Å². The van der Waals surface area contributed by atoms with E-state index in [1.807, 2.05) is 29.2 Å². The Hall–Kier alpha value is -2.71. The highest BCUT2D eigenvalue weighted by Gasteiger charge is 2.45. The number of ether oxygens (including phenoxy) is 1. The third-order valence-electron chi connectivity index (χ3n) is 7.53. The van der Waals surface area contributed by atoms with Gasteiger partial charge in [0.1, 0.15) is 19.0 Å². The predicted molar refractivity (Wildman–Crippen MR) is 135 cm³/mol. The number of alkyl halides is 1. The van der Waals surface area contributed by atoms with E-state index < -0.39 is 6.67 Å². The van der Waals surface area contributed by atoms with E-state index in [9.17, 15) is 14.1 Å². The predicted octanol–water partition coefficient (Wildman–Crippen LogP) is 5.44. The fraction of sp³-hybridized carbons (Fsp3) is 0.500. The van der Waals surface area contributed by atoms with Gasteiger partial charge in [-0.05, 0) is 79.7 Å². The summed E-state index contributed by atoms with van der Waals surface area (Å²) in [6.45, 7) is 1.00. The molecule has 3 fully saturated rings. The number of piperazine rings is 1. The lowest BCUT2D eigenvalue weighted by Gasteiger charge is -2.36. The van der Waals surface area contributed by atoms with Gasteiger partial charge in [0.15, 0.2) is 0 Å². The third-order valence-corrected chi connectivity index (χ3v) is 7.78. The van der Waals surface area contributed by atoms with Gasteiger partial charge in [-0.3, -0.25) is 4.79 Å². The van der Waals surface area contributed by atoms with Crippen molar-refractivity contribution in [1.29, 1.82) is 0 Å². The number of nitrogens with zero attached hydrogens (tertiary/aromatic N) is 3. The van der Waals surface area contributed by atoms with Crippen LogP contribution in [0.5, 0.6) is 0 Å². The monoisotopic (exact) mass is 500 g/mol. The molecule has 2 bridgehead atoms. The number of nitroso groups, excluding NO2 is 1. The van der Waals surface area contributed by atoms with Crippen molar-refractivity contribution in [2.45, 2.75) is 63.0 Å². The Morgan fingerprint density at radius 2 is 1.86 bits per heavy atom. The SMILES string of the molecule is O=Nc1ccc(NC2CCC(OCC(=O)N3CC4CC3CN4c3ccc(Cl)cc3)CC2)cc1CF. The normalized spacial score (nSPS) is 25.7. The molecule has 7 nitrogen and oxygen atoms in total. The highest BCUT2D eigenvalue weighted by atomic mass is 35.5. The number of hydrogen-bond donors (Lipinski definition) is 1. The van der Waals surface area contributed by atoms with E-state index in [1.54, 1.807) is 18.2 Å². The molecule has 9 heteroatoms. The lowest BCUT2D eigenvalue weighted by Crippen LogP contribution is -2.50. The van der Waals surface area contributed by atoms with Crippen molar-refractivity contribution in [1.82, 2.24) is 4.90 Å². The molecule has 2 aromatic carbocycles. The minimum Gasteiger partial charge on any atom is -0.382 e. The molecule has 2 saturated heterocycles. The van der Waals surface area contributed by atoms with Gasteiger partial charge in [0.2, 0.25) is 5.91 Å². The molecule has 2 aliphatic heterocycles. The van der Waals surface area contributed by atoms with Crippen LogP contribution in [0.25, 0.3) is 0 Å². The first-order valence-corrected chi connectivity index (χ1v) is 12.6. The fourth-order valence-corrected chi connectivity index (χ4v) is 5.80. The van der Waals surface area contributed by atoms with Crippen molar-refractivity contribution < 1.29 is 13.9 Å². The van der Waals surface area contributed by atoms with Crippen molar-refractivity contribution >= 4 is 34.6 Å². The van der Waals surface area contributed by atoms with Crippen LogP contribution < -0.4 is 10.2 Å². The van der Waals surface area contributed by atoms with Crippen LogP contribution in [0.2, 0.25) is 5.02 Å². The largest absolute Gasteiger partial charge is 0.382 e. The number of anilines is 2. The van der Waals surface area contributed by atoms with E-state index in [0.717, 1.165) is 61.6 Å². The minimum absolute atomic E-state index is 0.0744. The Morgan fingerprint density at radius 1 is 1.09 bits per heavy atom. The fourth-order valence-electron chi connectivity index (χ4n) is 5.67. The minimum atomic E-state index is -0.719. The average molecular weight is 501 g/mol. The van der Waals surface area contributed by atoms with Crippen LogP contribution in [-0.4, -0.2) is 54.7 Å². The summed E-state index contributed by atoms with van der Waals surface area (Å²) in [5.41, 5.74) is 2.39. The van der Waals surface area contributed by atoms with E-state index >= 15 is 0 Å². The molecule has 186 valence electrons. The van der Waals surface area contributed by atoms with Gasteiger partial charge >= 0.3 is 0 Å². The molecular weight excluding hydrogens is 471 g/mol. The second kappa shape index (κ2) is 10.5. The highest BCUT2D eigenvalue weighted by Crippen LogP contribution is 2.35. The molecule has 0 aromatic heterocycles. The molecule has 0 radical (unpaired) electrons. The summed E-state index contributed by atoms with van der Waals surface area (Å²) in [5, 5.41) is 7.02. The second-order valence-corrected chi connectivity index (χ2v) is 10.2. The van der Waals surface area contributed by atoms with Crippen LogP contribution in [-0.2, 0) is 16.2 Å². The number of hydrogen-bond acceptors (Lipinski definition) is 6. The lowest BCUT2D eigenvalue weighted by atomic mass is 9.92. The highest BCUT2D eigenvalue weighted by molar-refractivity contribution is 6.30. The molecule has 1 aliphatic carbocycles. The van der Waals surface area contributed by atoms with Crippen molar-refractivity contribution in [3.05, 3.63) is 58.0 Å². The van der Waals surface area contributed by atoms with E-state index in [1.165, 1.54) is 0 Å². The maximum absolute atomic E-state index is 13.1. The van der Waals surface area contributed by atoms with E-state index in [4.69, 9.17) is 16.3 Å². The summed E-state index contributed by atoms with van der Waals surface area (Å²) in [6.07, 6.45) is 4.62. The van der Waals surface area contributed by atoms with Crippen LogP contribution in [0, 0.1) is 4.91 Å². The molecule has 3 aliphatic rings. The number of fused-ring (bicyclic) bond motifs is 2. The Morgan fingerprint density at radius 3 is 2.51 bits per heavy atom. The Labute approximate surface area is 209 Å². The molecule has 1 amide bonds. The molecule has 2 unspecified atom stereocenters. The Balaban J connectivity index is 1.05. The van der Waals surface area contributed by atoms with Gasteiger partial charge in [-0.25, -0.2) is 4.39 Å². The molecule has 2 atom stereocenters. The maximum atomic E-state index is 13.1. The molecule has 1 N–H and O–H groups in total. The number of nitrogens with one attached hydrogen (secondary N) is 1. The Kier molecular flexibility index (Phi) is 7.20. The summed E-state index contributed by atoms with van der Waals surface area (Å²) in [7, 11) is 0. The lowest BCUT2D eigenvalue weighted by molar-refractivity contribution is -0.140. The third kappa shape index (κ3) is 5.28. The van der Waals surface area contributed by atoms with E-state index in [2.05, 4.69) is 15.4 Å². The summed E-state index contributed by atoms with van der Waals surface area (Å²) in [4.78, 5) is 28.0. The maximum Gasteiger partial charge on any atom is 0.248 e. The van der Waals surface area contributed by atoms with Gasteiger partial charge < -0.3 is 19.9 Å². The summed E-state index contributed by atoms with van der Waals surface area (Å²) >= 11 is 6.01. The number of carbonyl (C=O) groups is 1. The van der Waals surface area contributed by atoms with Gasteiger partial charge in [0.25, 0.3) is 0 Å². The van der Waals surface area contributed by atoms with Crippen LogP contribution in [0.3, 0.4) is 0 Å². The summed E-state index contributed by atoms with van der Waals surface area (Å²) in [6, 6.07) is 13.7. The van der Waals surface area contributed by atoms with Gasteiger partial charge in [0.05, 0.1) is 12.1 Å². The van der Waals surface area contributed by atoms with E-state index in [0.29, 0.717) is 11.6 Å². The number of rotatable bonds is 8. The topological polar surface area (TPSA) is 74.2 Å². The summed E-state index contributed by atoms with van der Waals surface area (Å²) < 4.78 is 19.1. The first-order chi connectivity index (χ1) is 17.0. The smallest absolute Gasteiger partial charge is 0.248 e. The molecular formula is C26H30ClFN4O3. The van der Waals surface area contributed by atoms with E-state index in [-0.39, 0.29) is 36.4 Å². The molecule has 1 saturated carbocycles. The number of carbonyl (C=O) groups excluding carboxylic acids is 1. The molecule has 5 rings (SSSR count). The first-order valence-electron chi connectivity index (χ1n) is 12.3. The number of amides is 1. The first kappa shape index (κ1) is 24.0. The van der Waals surface area contributed by atoms with Crippen molar-refractivity contribution in [2.75, 3.05) is 29.9 Å². The van der Waals surface area contributed by atoms with Crippen molar-refractivity contribution in [3.63, 3.8) is 0 Å². The zero-order valence-electron chi connectivity index (χ0n) is 19.5. The van der Waals surface area contributed by atoms with Gasteiger partial charge in [0, 0.05) is 47.1 Å². The average Bonchev–Trinajstić information content (AvgIpc) is 3.50. The standard InChI is InChI=1S/C26H30ClFN4O3/c27-18-1-6-21(7-2-18)31-14-23-12-22(31)15-32(23)26(33)16-35-24-8-3-19(4-9-24)29-20-5-10-25(30-34)17(11-20)13-28/h1-2,5-7,10-11,19,22-24,29H,3-4,8-9,12-16H2. The molecule has 0 spiro atoms. The molecule has 2 aromatic rings. The molecule has 2 heterocycles. The van der Waals surface area contributed by atoms with Gasteiger partial charge in [-0.1, -0.05) is 11.6 Å². The van der Waals surface area contributed by atoms with Crippen molar-refractivity contribution in [2.24, 2.45) is 5.18 Å². The second-order valence-electron chi connectivity index (χ2n) is 9.72. The number of halogens is 2. The zero-order chi connectivity index (χ0) is 24.4. The van der Waals surface area contributed by atoms with Crippen molar-refractivity contribution in [3.8, 4) is 0 Å². The zero-order valence-corrected chi connectivity index (χ0v) is 20.3. The van der Waals surface area contributed by atoms with Crippen LogP contribution >= 0.6 is 11.6 Å². The van der Waals surface area contributed by atoms with Crippen LogP contribution in [0.15, 0.2) is 47.6 Å². The number of benzene rings is 2. The quantitative estimate of drug-likeness (QED) is 0.489. The summed E-state index contributed by atoms with van der Waals surface area (Å²) in [5.74, 6) is 0.0798. The molecule has 35 heavy (non-hydrogen) atoms. The van der Waals surface area contributed by atoms with Gasteiger partial charge in [-0.15, -0.1) is 4.91 Å². The number of likely N-dealkylation sites (tertiary alicyclic amines) is 1. The van der Waals surface area contributed by atoms with Gasteiger partial charge in [-0.2, -0.15) is 0 Å². The Bertz CT molecular complexity index is 1060. The van der Waals surface area contributed by atoms with Crippen LogP contribution in [0.1, 0.15) is 37.7 Å².